The van der Waals surface area contributed by atoms with Crippen LogP contribution in [0.4, 0.5) is 0 Å². The second-order valence-electron chi connectivity index (χ2n) is 4.69. The van der Waals surface area contributed by atoms with Gasteiger partial charge in [0.05, 0.1) is 0 Å². The first-order valence-corrected chi connectivity index (χ1v) is 6.75. The molecular weight excluding hydrogens is 262 g/mol. The van der Waals surface area contributed by atoms with Gasteiger partial charge < -0.3 is 5.73 Å². The first kappa shape index (κ1) is 18.6. The zero-order valence-corrected chi connectivity index (χ0v) is 13.1. The molecular formula is C17H25N3O. The van der Waals surface area contributed by atoms with E-state index in [1.165, 1.54) is 18.1 Å². The maximum Gasteiger partial charge on any atom is 0.214 e. The average Bonchev–Trinajstić information content (AvgIpc) is 2.44. The van der Waals surface area contributed by atoms with Crippen molar-refractivity contribution in [2.24, 2.45) is 10.8 Å². The molecule has 4 nitrogen and oxygen atoms in total. The number of amides is 1. The van der Waals surface area contributed by atoms with Crippen molar-refractivity contribution in [2.45, 2.75) is 19.8 Å². The number of hydrazone groups is 1. The summed E-state index contributed by atoms with van der Waals surface area (Å²) in [5.41, 5.74) is 6.98. The summed E-state index contributed by atoms with van der Waals surface area (Å²) in [4.78, 5) is 9.22. The lowest BCUT2D eigenvalue weighted by molar-refractivity contribution is -0.115. The lowest BCUT2D eigenvalue weighted by Crippen LogP contribution is -2.18. The fourth-order valence-electron chi connectivity index (χ4n) is 1.85. The number of hydrogen-bond acceptors (Lipinski definition) is 3. The minimum absolute atomic E-state index is 0.333. The van der Waals surface area contributed by atoms with Crippen LogP contribution < -0.4 is 5.73 Å². The van der Waals surface area contributed by atoms with Gasteiger partial charge in [0, 0.05) is 32.6 Å². The summed E-state index contributed by atoms with van der Waals surface area (Å²) in [6, 6.07) is 8.33. The van der Waals surface area contributed by atoms with Gasteiger partial charge in [0.2, 0.25) is 5.91 Å². The van der Waals surface area contributed by atoms with Gasteiger partial charge in [-0.15, -0.1) is 0 Å². The first-order valence-electron chi connectivity index (χ1n) is 6.75. The van der Waals surface area contributed by atoms with Gasteiger partial charge in [0.25, 0.3) is 0 Å². The summed E-state index contributed by atoms with van der Waals surface area (Å²) in [5, 5.41) is 6.15. The third kappa shape index (κ3) is 8.42. The highest BCUT2D eigenvalue weighted by Crippen LogP contribution is 2.21. The Morgan fingerprint density at radius 2 is 2.00 bits per heavy atom. The summed E-state index contributed by atoms with van der Waals surface area (Å²) in [5.74, 6) is 0.0798. The van der Waals surface area contributed by atoms with Crippen LogP contribution in [0.15, 0.2) is 48.6 Å². The van der Waals surface area contributed by atoms with Crippen LogP contribution in [0.3, 0.4) is 0 Å². The molecule has 0 aliphatic rings. The van der Waals surface area contributed by atoms with E-state index < -0.39 is 0 Å². The van der Waals surface area contributed by atoms with Crippen LogP contribution in [-0.4, -0.2) is 30.7 Å². The maximum absolute atomic E-state index is 9.22. The van der Waals surface area contributed by atoms with Crippen LogP contribution in [0.5, 0.6) is 0 Å². The number of nitrogens with two attached hydrogens (primary N) is 1. The molecule has 0 saturated carbocycles. The molecule has 2 N–H and O–H groups in total. The van der Waals surface area contributed by atoms with Crippen molar-refractivity contribution in [3.05, 3.63) is 54.6 Å². The molecule has 21 heavy (non-hydrogen) atoms. The lowest BCUT2D eigenvalue weighted by atomic mass is 9.95. The highest BCUT2D eigenvalue weighted by molar-refractivity contribution is 5.70. The van der Waals surface area contributed by atoms with Crippen molar-refractivity contribution >= 4 is 18.2 Å². The van der Waals surface area contributed by atoms with Crippen molar-refractivity contribution in [2.75, 3.05) is 13.6 Å². The molecule has 1 aromatic carbocycles. The second-order valence-corrected chi connectivity index (χ2v) is 4.69. The van der Waals surface area contributed by atoms with Crippen LogP contribution in [0, 0.1) is 0 Å². The predicted molar refractivity (Wildman–Crippen MR) is 91.1 cm³/mol. The number of allylic oxidation sites excluding steroid dienone is 1. The number of likely N-dealkylation sites (N-methyl/N-ethyl adjacent to an activating group) is 1. The van der Waals surface area contributed by atoms with E-state index in [9.17, 15) is 4.79 Å². The number of carbonyl (C=O) groups is 1. The van der Waals surface area contributed by atoms with E-state index in [2.05, 4.69) is 49.1 Å². The summed E-state index contributed by atoms with van der Waals surface area (Å²) < 4.78 is 0. The van der Waals surface area contributed by atoms with Crippen molar-refractivity contribution in [1.29, 1.82) is 0 Å². The Kier molecular flexibility index (Phi) is 9.26. The fourth-order valence-corrected chi connectivity index (χ4v) is 1.85. The van der Waals surface area contributed by atoms with Crippen LogP contribution >= 0.6 is 0 Å². The van der Waals surface area contributed by atoms with Crippen LogP contribution in [0.1, 0.15) is 30.9 Å². The van der Waals surface area contributed by atoms with Crippen molar-refractivity contribution in [3.63, 3.8) is 0 Å². The Morgan fingerprint density at radius 1 is 1.43 bits per heavy atom. The molecule has 0 spiro atoms. The molecule has 0 bridgehead atoms. The van der Waals surface area contributed by atoms with Gasteiger partial charge in [0.15, 0.2) is 0 Å². The molecule has 1 aromatic rings. The van der Waals surface area contributed by atoms with Crippen LogP contribution in [-0.2, 0) is 4.79 Å². The Labute approximate surface area is 127 Å². The van der Waals surface area contributed by atoms with E-state index >= 15 is 0 Å². The number of primary amides is 1. The van der Waals surface area contributed by atoms with Crippen molar-refractivity contribution in [3.8, 4) is 0 Å². The maximum atomic E-state index is 9.22. The van der Waals surface area contributed by atoms with Crippen LogP contribution in [0.25, 0.3) is 6.08 Å². The molecule has 114 valence electrons. The van der Waals surface area contributed by atoms with E-state index in [4.69, 9.17) is 0 Å². The van der Waals surface area contributed by atoms with E-state index in [1.54, 1.807) is 12.3 Å². The molecule has 1 amide bonds. The van der Waals surface area contributed by atoms with Gasteiger partial charge in [0.1, 0.15) is 0 Å². The van der Waals surface area contributed by atoms with E-state index in [1.807, 2.05) is 24.2 Å². The summed E-state index contributed by atoms with van der Waals surface area (Å²) in [7, 11) is 1.97. The lowest BCUT2D eigenvalue weighted by Gasteiger charge is -2.20. The summed E-state index contributed by atoms with van der Waals surface area (Å²) in [6.45, 7) is 11.8. The van der Waals surface area contributed by atoms with Crippen molar-refractivity contribution in [1.82, 2.24) is 5.01 Å². The summed E-state index contributed by atoms with van der Waals surface area (Å²) in [6.07, 6.45) is 5.28. The minimum Gasteiger partial charge on any atom is -0.370 e. The molecule has 1 rings (SSSR count). The van der Waals surface area contributed by atoms with Gasteiger partial charge in [-0.25, -0.2) is 0 Å². The number of rotatable bonds is 6. The molecule has 1 unspecified atom stereocenters. The molecule has 0 heterocycles. The normalized spacial score (nSPS) is 11.2. The van der Waals surface area contributed by atoms with Gasteiger partial charge in [-0.2, -0.15) is 5.10 Å². The molecule has 0 aromatic heterocycles. The van der Waals surface area contributed by atoms with Gasteiger partial charge in [-0.1, -0.05) is 50.4 Å². The second kappa shape index (κ2) is 10.4. The Bertz CT molecular complexity index is 491. The quantitative estimate of drug-likeness (QED) is 0.646. The SMILES string of the molecule is C=C/C=N\N(C)CC(C)c1ccccc1C=C.CC(N)=O. The van der Waals surface area contributed by atoms with Gasteiger partial charge >= 0.3 is 0 Å². The largest absolute Gasteiger partial charge is 0.370 e. The third-order valence-corrected chi connectivity index (χ3v) is 2.65. The first-order chi connectivity index (χ1) is 9.92. The summed E-state index contributed by atoms with van der Waals surface area (Å²) >= 11 is 0. The third-order valence-electron chi connectivity index (χ3n) is 2.65. The number of hydrogen-bond donors (Lipinski definition) is 1. The molecule has 4 heteroatoms. The van der Waals surface area contributed by atoms with Crippen molar-refractivity contribution < 1.29 is 4.79 Å². The van der Waals surface area contributed by atoms with E-state index in [0.717, 1.165) is 6.54 Å². The Hall–Kier alpha value is -2.36. The van der Waals surface area contributed by atoms with E-state index in [-0.39, 0.29) is 5.91 Å². The monoisotopic (exact) mass is 287 g/mol. The van der Waals surface area contributed by atoms with Crippen LogP contribution in [0.2, 0.25) is 0 Å². The smallest absolute Gasteiger partial charge is 0.214 e. The Balaban J connectivity index is 0.000000885. The Morgan fingerprint density at radius 3 is 2.52 bits per heavy atom. The molecule has 0 aliphatic carbocycles. The number of carbonyl (C=O) groups excluding carboxylic acids is 1. The van der Waals surface area contributed by atoms with Gasteiger partial charge in [-0.3, -0.25) is 9.80 Å². The standard InChI is InChI=1S/C15H20N2.C2H5NO/c1-5-11-16-17(4)12-13(3)15-10-8-7-9-14(15)6-2;1-2(3)4/h5-11,13H,1-2,12H2,3-4H3;1H3,(H2,3,4)/b16-11-;. The van der Waals surface area contributed by atoms with E-state index in [0.29, 0.717) is 5.92 Å². The minimum atomic E-state index is -0.333. The molecule has 0 radical (unpaired) electrons. The molecule has 0 fully saturated rings. The van der Waals surface area contributed by atoms with Gasteiger partial charge in [-0.05, 0) is 17.2 Å². The zero-order valence-electron chi connectivity index (χ0n) is 13.1. The molecule has 1 atom stereocenters. The fraction of sp³-hybridized carbons (Fsp3) is 0.294. The number of nitrogens with zero attached hydrogens (tertiary/aromatic N) is 2. The highest BCUT2D eigenvalue weighted by atomic mass is 16.1. The zero-order chi connectivity index (χ0) is 16.3. The predicted octanol–water partition coefficient (Wildman–Crippen LogP) is 3.03. The average molecular weight is 287 g/mol. The number of benzene rings is 1. The highest BCUT2D eigenvalue weighted by Gasteiger charge is 2.10. The molecule has 0 aliphatic heterocycles. The molecule has 0 saturated heterocycles. The topological polar surface area (TPSA) is 58.7 Å².